The monoisotopic (exact) mass is 344 g/mol. The normalized spacial score (nSPS) is 3.00. The second kappa shape index (κ2) is 52.6. The molecule has 0 fully saturated rings. The Kier molecular flexibility index (Phi) is 156. The van der Waals surface area contributed by atoms with Gasteiger partial charge >= 0.3 is 0 Å². The first kappa shape index (κ1) is 23.8. The highest BCUT2D eigenvalue weighted by molar-refractivity contribution is 14.0. The second-order valence-corrected chi connectivity index (χ2v) is 0.333. The zero-order valence-corrected chi connectivity index (χ0v) is 8.79. The van der Waals surface area contributed by atoms with Crippen molar-refractivity contribution in [3.8, 4) is 0 Å². The minimum atomic E-state index is 0. The summed E-state index contributed by atoms with van der Waals surface area (Å²) in [4.78, 5) is 0. The summed E-state index contributed by atoms with van der Waals surface area (Å²) in [5.74, 6) is 0. The zero-order valence-electron chi connectivity index (χ0n) is 4.13. The van der Waals surface area contributed by atoms with Crippen molar-refractivity contribution in [3.63, 3.8) is 0 Å². The maximum atomic E-state index is 5.86. The number of halogens is 2. The van der Waals surface area contributed by atoms with E-state index in [-0.39, 0.29) is 48.0 Å². The van der Waals surface area contributed by atoms with Crippen LogP contribution in [-0.4, -0.2) is 12.7 Å². The molecule has 52 valence electrons. The van der Waals surface area contributed by atoms with E-state index in [9.17, 15) is 0 Å². The van der Waals surface area contributed by atoms with Crippen LogP contribution in [0, 0.1) is 10.8 Å². The lowest BCUT2D eigenvalue weighted by Gasteiger charge is -1.39. The molecule has 0 aromatic carbocycles. The van der Waals surface area contributed by atoms with E-state index in [1.54, 1.807) is 0 Å². The molecular formula is C2H10I2N4. The van der Waals surface area contributed by atoms with Gasteiger partial charge in [0.05, 0.1) is 12.7 Å². The summed E-state index contributed by atoms with van der Waals surface area (Å²) in [6.45, 7) is 0. The largest absolute Gasteiger partial charge is 0.390 e. The number of hydrogen-bond acceptors (Lipinski definition) is 2. The number of rotatable bonds is 0. The van der Waals surface area contributed by atoms with E-state index >= 15 is 0 Å². The van der Waals surface area contributed by atoms with Crippen molar-refractivity contribution in [2.24, 2.45) is 11.5 Å². The standard InChI is InChI=1S/2CH4N2.2HI/c2*2-1-3;;/h2*1H,(H3,2,3);2*1H. The van der Waals surface area contributed by atoms with Gasteiger partial charge in [0.15, 0.2) is 0 Å². The van der Waals surface area contributed by atoms with Crippen molar-refractivity contribution < 1.29 is 0 Å². The summed E-state index contributed by atoms with van der Waals surface area (Å²) >= 11 is 0. The highest BCUT2D eigenvalue weighted by atomic mass is 127. The highest BCUT2D eigenvalue weighted by Crippen LogP contribution is 0.888. The maximum absolute atomic E-state index is 5.86. The quantitative estimate of drug-likeness (QED) is 0.290. The molecule has 0 aromatic heterocycles. The van der Waals surface area contributed by atoms with Gasteiger partial charge in [-0.1, -0.05) is 0 Å². The highest BCUT2D eigenvalue weighted by Gasteiger charge is 1.11. The van der Waals surface area contributed by atoms with E-state index in [1.807, 2.05) is 0 Å². The van der Waals surface area contributed by atoms with Gasteiger partial charge in [0, 0.05) is 0 Å². The lowest BCUT2D eigenvalue weighted by atomic mass is 11.4. The lowest BCUT2D eigenvalue weighted by molar-refractivity contribution is 1.52. The molecule has 0 saturated carbocycles. The van der Waals surface area contributed by atoms with Crippen LogP contribution in [0.5, 0.6) is 0 Å². The molecule has 4 nitrogen and oxygen atoms in total. The Labute approximate surface area is 82.4 Å². The SMILES string of the molecule is I.I.N=CN.N=CN. The molecule has 0 heterocycles. The van der Waals surface area contributed by atoms with Crippen molar-refractivity contribution in [1.29, 1.82) is 10.8 Å². The second-order valence-electron chi connectivity index (χ2n) is 0.333. The van der Waals surface area contributed by atoms with E-state index in [1.165, 1.54) is 0 Å². The van der Waals surface area contributed by atoms with Gasteiger partial charge in [0.25, 0.3) is 0 Å². The average molecular weight is 344 g/mol. The van der Waals surface area contributed by atoms with Gasteiger partial charge in [-0.3, -0.25) is 10.8 Å². The maximum Gasteiger partial charge on any atom is 0.0765 e. The lowest BCUT2D eigenvalue weighted by Crippen LogP contribution is -1.81. The van der Waals surface area contributed by atoms with Gasteiger partial charge in [-0.05, 0) is 0 Å². The Morgan fingerprint density at radius 2 is 0.875 bits per heavy atom. The summed E-state index contributed by atoms with van der Waals surface area (Å²) in [6.07, 6.45) is 1.50. The van der Waals surface area contributed by atoms with Gasteiger partial charge in [0.1, 0.15) is 0 Å². The molecule has 0 aromatic rings. The van der Waals surface area contributed by atoms with E-state index in [2.05, 4.69) is 11.5 Å². The van der Waals surface area contributed by atoms with Crippen LogP contribution in [0.2, 0.25) is 0 Å². The molecular weight excluding hydrogens is 334 g/mol. The van der Waals surface area contributed by atoms with Crippen molar-refractivity contribution in [2.45, 2.75) is 0 Å². The van der Waals surface area contributed by atoms with Crippen LogP contribution in [-0.2, 0) is 0 Å². The molecule has 0 radical (unpaired) electrons. The Balaban J connectivity index is -0.0000000160. The van der Waals surface area contributed by atoms with Crippen LogP contribution in [0.25, 0.3) is 0 Å². The Bertz CT molecular complexity index is 33.0. The van der Waals surface area contributed by atoms with Crippen molar-refractivity contribution >= 4 is 60.6 Å². The van der Waals surface area contributed by atoms with E-state index < -0.39 is 0 Å². The minimum Gasteiger partial charge on any atom is -0.390 e. The fraction of sp³-hybridized carbons (Fsp3) is 0. The molecule has 6 heteroatoms. The summed E-state index contributed by atoms with van der Waals surface area (Å²) < 4.78 is 0. The van der Waals surface area contributed by atoms with Gasteiger partial charge < -0.3 is 11.5 Å². The molecule has 0 amide bonds. The third-order valence-electron chi connectivity index (χ3n) is 0. The number of nitrogens with one attached hydrogen (secondary N) is 2. The molecule has 0 saturated heterocycles. The Morgan fingerprint density at radius 3 is 0.875 bits per heavy atom. The third kappa shape index (κ3) is 1170. The Hall–Kier alpha value is 0.400. The molecule has 0 spiro atoms. The molecule has 8 heavy (non-hydrogen) atoms. The minimum absolute atomic E-state index is 0. The predicted molar refractivity (Wildman–Crippen MR) is 56.8 cm³/mol. The number of nitrogens with two attached hydrogens (primary N) is 2. The van der Waals surface area contributed by atoms with Gasteiger partial charge in [0.2, 0.25) is 0 Å². The molecule has 0 unspecified atom stereocenters. The first-order valence-corrected chi connectivity index (χ1v) is 1.24. The smallest absolute Gasteiger partial charge is 0.0765 e. The van der Waals surface area contributed by atoms with Gasteiger partial charge in [-0.25, -0.2) is 0 Å². The van der Waals surface area contributed by atoms with Gasteiger partial charge in [-0.15, -0.1) is 48.0 Å². The first-order chi connectivity index (χ1) is 2.83. The summed E-state index contributed by atoms with van der Waals surface area (Å²) in [6, 6.07) is 0. The van der Waals surface area contributed by atoms with E-state index in [0.29, 0.717) is 0 Å². The summed E-state index contributed by atoms with van der Waals surface area (Å²) in [5, 5.41) is 11.7. The van der Waals surface area contributed by atoms with E-state index in [0.717, 1.165) is 12.7 Å². The molecule has 0 atom stereocenters. The summed E-state index contributed by atoms with van der Waals surface area (Å²) in [7, 11) is 0. The predicted octanol–water partition coefficient (Wildman–Crippen LogP) is 0.340. The van der Waals surface area contributed by atoms with Crippen LogP contribution in [0.1, 0.15) is 0 Å². The average Bonchev–Trinajstić information content (AvgIpc) is 1.39. The van der Waals surface area contributed by atoms with Crippen molar-refractivity contribution in [1.82, 2.24) is 0 Å². The molecule has 0 aliphatic rings. The number of hydrogen-bond donors (Lipinski definition) is 4. The van der Waals surface area contributed by atoms with Crippen LogP contribution < -0.4 is 11.5 Å². The van der Waals surface area contributed by atoms with Crippen LogP contribution in [0.3, 0.4) is 0 Å². The van der Waals surface area contributed by atoms with Crippen molar-refractivity contribution in [2.75, 3.05) is 0 Å². The first-order valence-electron chi connectivity index (χ1n) is 1.24. The van der Waals surface area contributed by atoms with E-state index in [4.69, 9.17) is 10.8 Å². The summed E-state index contributed by atoms with van der Waals surface area (Å²) in [5.41, 5.74) is 8.78. The van der Waals surface area contributed by atoms with Gasteiger partial charge in [-0.2, -0.15) is 0 Å². The van der Waals surface area contributed by atoms with Crippen LogP contribution >= 0.6 is 48.0 Å². The van der Waals surface area contributed by atoms with Crippen LogP contribution in [0.15, 0.2) is 0 Å². The molecule has 0 bridgehead atoms. The molecule has 0 rings (SSSR count). The topological polar surface area (TPSA) is 99.7 Å². The molecule has 6 N–H and O–H groups in total. The zero-order chi connectivity index (χ0) is 5.41. The fourth-order valence-corrected chi connectivity index (χ4v) is 0. The van der Waals surface area contributed by atoms with Crippen molar-refractivity contribution in [3.05, 3.63) is 0 Å². The molecule has 0 aliphatic carbocycles. The van der Waals surface area contributed by atoms with Crippen LogP contribution in [0.4, 0.5) is 0 Å². The molecule has 0 aliphatic heterocycles. The fourth-order valence-electron chi connectivity index (χ4n) is 0. The third-order valence-corrected chi connectivity index (χ3v) is 0. The Morgan fingerprint density at radius 1 is 0.875 bits per heavy atom.